The fourth-order valence-electron chi connectivity index (χ4n) is 4.85. The van der Waals surface area contributed by atoms with Crippen molar-refractivity contribution < 1.29 is 28.2 Å². The lowest BCUT2D eigenvalue weighted by Crippen LogP contribution is -2.14. The number of rotatable bonds is 13. The average Bonchev–Trinajstić information content (AvgIpc) is 3.81. The summed E-state index contributed by atoms with van der Waals surface area (Å²) in [5.41, 5.74) is 4.84. The second-order valence-electron chi connectivity index (χ2n) is 10.5. The van der Waals surface area contributed by atoms with E-state index in [9.17, 15) is 9.59 Å². The first-order chi connectivity index (χ1) is 23.9. The lowest BCUT2D eigenvalue weighted by atomic mass is 10.1. The van der Waals surface area contributed by atoms with Gasteiger partial charge in [-0.05, 0) is 84.4 Å². The Bertz CT molecular complexity index is 2090. The molecule has 4 aromatic carbocycles. The minimum atomic E-state index is -0.270. The zero-order valence-corrected chi connectivity index (χ0v) is 27.6. The van der Waals surface area contributed by atoms with E-state index in [1.54, 1.807) is 68.5 Å². The molecule has 0 saturated heterocycles. The highest BCUT2D eigenvalue weighted by Crippen LogP contribution is 2.34. The number of nitrogens with zero attached hydrogens (tertiary/aromatic N) is 4. The maximum Gasteiger partial charge on any atom is 0.277 e. The third-order valence-corrected chi connectivity index (χ3v) is 8.17. The van der Waals surface area contributed by atoms with Crippen LogP contribution in [-0.2, 0) is 4.79 Å². The van der Waals surface area contributed by atoms with Crippen LogP contribution in [0.25, 0.3) is 34.5 Å². The van der Waals surface area contributed by atoms with Gasteiger partial charge in [0.1, 0.15) is 11.4 Å². The second kappa shape index (κ2) is 15.2. The van der Waals surface area contributed by atoms with Gasteiger partial charge in [-0.2, -0.15) is 5.10 Å². The van der Waals surface area contributed by atoms with Gasteiger partial charge in [0.25, 0.3) is 11.1 Å². The number of hydrogen-bond acceptors (Lipinski definition) is 10. The van der Waals surface area contributed by atoms with Crippen molar-refractivity contribution in [3.05, 3.63) is 120 Å². The number of nitrogens with one attached hydrogen (secondary N) is 1. The van der Waals surface area contributed by atoms with Crippen molar-refractivity contribution in [3.63, 3.8) is 0 Å². The van der Waals surface area contributed by atoms with E-state index < -0.39 is 0 Å². The highest BCUT2D eigenvalue weighted by atomic mass is 32.2. The van der Waals surface area contributed by atoms with Crippen LogP contribution in [0.5, 0.6) is 17.2 Å². The minimum absolute atomic E-state index is 0.0327. The summed E-state index contributed by atoms with van der Waals surface area (Å²) in [7, 11) is 4.74. The number of allylic oxidation sites excluding steroid dienone is 1. The van der Waals surface area contributed by atoms with Crippen LogP contribution in [0.2, 0.25) is 0 Å². The van der Waals surface area contributed by atoms with E-state index in [0.29, 0.717) is 34.0 Å². The fourth-order valence-corrected chi connectivity index (χ4v) is 5.41. The van der Waals surface area contributed by atoms with Crippen LogP contribution in [0.1, 0.15) is 15.9 Å². The van der Waals surface area contributed by atoms with E-state index in [0.717, 1.165) is 34.3 Å². The summed E-state index contributed by atoms with van der Waals surface area (Å²) in [6.45, 7) is 0. The monoisotopic (exact) mass is 673 g/mol. The molecule has 0 spiro atoms. The Morgan fingerprint density at radius 3 is 2.33 bits per heavy atom. The van der Waals surface area contributed by atoms with Crippen LogP contribution in [0.15, 0.2) is 119 Å². The molecule has 11 nitrogen and oxygen atoms in total. The SMILES string of the molecule is COc1ccc(-c2nn(-c3ccccc3)cc2-c2nnc(SCC(=O)Nc3ccc(C(=O)/C=C/c4ccc(OC)c(OC)c4)cc3)o2)cc1. The van der Waals surface area contributed by atoms with Crippen molar-refractivity contribution >= 4 is 35.2 Å². The molecule has 1 N–H and O–H groups in total. The third kappa shape index (κ3) is 7.88. The van der Waals surface area contributed by atoms with E-state index in [2.05, 4.69) is 15.5 Å². The predicted molar refractivity (Wildman–Crippen MR) is 188 cm³/mol. The fraction of sp³-hybridized carbons (Fsp3) is 0.108. The normalized spacial score (nSPS) is 11.0. The van der Waals surface area contributed by atoms with E-state index in [-0.39, 0.29) is 28.6 Å². The smallest absolute Gasteiger partial charge is 0.277 e. The Kier molecular flexibility index (Phi) is 10.2. The van der Waals surface area contributed by atoms with Crippen molar-refractivity contribution in [1.29, 1.82) is 0 Å². The number of benzene rings is 4. The van der Waals surface area contributed by atoms with Crippen LogP contribution >= 0.6 is 11.8 Å². The van der Waals surface area contributed by atoms with Gasteiger partial charge in [-0.15, -0.1) is 10.2 Å². The number of carbonyl (C=O) groups excluding carboxylic acids is 2. The van der Waals surface area contributed by atoms with E-state index in [1.165, 1.54) is 6.08 Å². The molecule has 0 aliphatic rings. The lowest BCUT2D eigenvalue weighted by Gasteiger charge is -2.07. The van der Waals surface area contributed by atoms with Crippen molar-refractivity contribution in [2.24, 2.45) is 0 Å². The van der Waals surface area contributed by atoms with Gasteiger partial charge in [0.15, 0.2) is 17.3 Å². The molecule has 6 aromatic rings. The molecule has 2 heterocycles. The molecular weight excluding hydrogens is 643 g/mol. The van der Waals surface area contributed by atoms with Gasteiger partial charge in [0.05, 0.1) is 38.3 Å². The van der Waals surface area contributed by atoms with E-state index in [1.807, 2.05) is 66.9 Å². The number of hydrogen-bond donors (Lipinski definition) is 1. The largest absolute Gasteiger partial charge is 0.497 e. The molecule has 0 unspecified atom stereocenters. The number of ketones is 1. The Balaban J connectivity index is 1.08. The van der Waals surface area contributed by atoms with Crippen LogP contribution in [0, 0.1) is 0 Å². The van der Waals surface area contributed by atoms with E-state index >= 15 is 0 Å². The second-order valence-corrected chi connectivity index (χ2v) is 11.4. The zero-order valence-electron chi connectivity index (χ0n) is 26.8. The highest BCUT2D eigenvalue weighted by Gasteiger charge is 2.20. The minimum Gasteiger partial charge on any atom is -0.497 e. The van der Waals surface area contributed by atoms with Gasteiger partial charge in [-0.1, -0.05) is 42.1 Å². The summed E-state index contributed by atoms with van der Waals surface area (Å²) in [4.78, 5) is 25.5. The molecule has 0 radical (unpaired) electrons. The maximum absolute atomic E-state index is 12.7. The van der Waals surface area contributed by atoms with Crippen molar-refractivity contribution in [1.82, 2.24) is 20.0 Å². The van der Waals surface area contributed by atoms with Gasteiger partial charge >= 0.3 is 0 Å². The Hall–Kier alpha value is -6.14. The zero-order chi connectivity index (χ0) is 34.2. The summed E-state index contributed by atoms with van der Waals surface area (Å²) < 4.78 is 23.6. The van der Waals surface area contributed by atoms with Crippen LogP contribution < -0.4 is 19.5 Å². The molecule has 6 rings (SSSR count). The van der Waals surface area contributed by atoms with Gasteiger partial charge in [0, 0.05) is 23.0 Å². The molecule has 0 aliphatic carbocycles. The summed E-state index contributed by atoms with van der Waals surface area (Å²) in [5, 5.41) is 16.3. The number of methoxy groups -OCH3 is 3. The Labute approximate surface area is 286 Å². The molecule has 2 aromatic heterocycles. The summed E-state index contributed by atoms with van der Waals surface area (Å²) in [6.07, 6.45) is 5.02. The van der Waals surface area contributed by atoms with Crippen LogP contribution in [-0.4, -0.2) is 58.8 Å². The topological polar surface area (TPSA) is 131 Å². The Morgan fingerprint density at radius 1 is 0.857 bits per heavy atom. The molecule has 49 heavy (non-hydrogen) atoms. The highest BCUT2D eigenvalue weighted by molar-refractivity contribution is 7.99. The summed E-state index contributed by atoms with van der Waals surface area (Å²) in [6, 6.07) is 29.3. The summed E-state index contributed by atoms with van der Waals surface area (Å²) in [5.74, 6) is 1.77. The molecule has 0 fully saturated rings. The number of carbonyl (C=O) groups is 2. The van der Waals surface area contributed by atoms with Gasteiger partial charge in [-0.3, -0.25) is 9.59 Å². The quantitative estimate of drug-likeness (QED) is 0.0760. The van der Waals surface area contributed by atoms with Crippen molar-refractivity contribution in [3.8, 4) is 45.6 Å². The summed E-state index contributed by atoms with van der Waals surface area (Å²) >= 11 is 1.11. The predicted octanol–water partition coefficient (Wildman–Crippen LogP) is 7.24. The van der Waals surface area contributed by atoms with Crippen LogP contribution in [0.4, 0.5) is 5.69 Å². The van der Waals surface area contributed by atoms with Gasteiger partial charge < -0.3 is 23.9 Å². The molecule has 0 aliphatic heterocycles. The van der Waals surface area contributed by atoms with Gasteiger partial charge in [0.2, 0.25) is 5.91 Å². The lowest BCUT2D eigenvalue weighted by molar-refractivity contribution is -0.113. The third-order valence-electron chi connectivity index (χ3n) is 7.35. The van der Waals surface area contributed by atoms with E-state index in [4.69, 9.17) is 23.7 Å². The number of para-hydroxylation sites is 1. The first-order valence-corrected chi connectivity index (χ1v) is 16.0. The number of amides is 1. The number of thioether (sulfide) groups is 1. The molecule has 1 amide bonds. The Morgan fingerprint density at radius 2 is 1.61 bits per heavy atom. The number of ether oxygens (including phenoxy) is 3. The molecule has 246 valence electrons. The number of aromatic nitrogens is 4. The van der Waals surface area contributed by atoms with Gasteiger partial charge in [-0.25, -0.2) is 4.68 Å². The first-order valence-electron chi connectivity index (χ1n) is 15.0. The first kappa shape index (κ1) is 32.8. The molecule has 0 saturated carbocycles. The molecular formula is C37H31N5O6S. The molecule has 12 heteroatoms. The standard InChI is InChI=1S/C37H31N5O6S/c1-45-29-17-13-26(14-18-29)35-30(22-42(41-35)28-7-5-4-6-8-28)36-39-40-37(48-36)49-23-34(44)38-27-15-11-25(12-16-27)31(43)19-9-24-10-20-32(46-2)33(21-24)47-3/h4-22H,23H2,1-3H3,(H,38,44)/b19-9+. The van der Waals surface area contributed by atoms with Crippen molar-refractivity contribution in [2.45, 2.75) is 5.22 Å². The molecule has 0 bridgehead atoms. The van der Waals surface area contributed by atoms with Crippen molar-refractivity contribution in [2.75, 3.05) is 32.4 Å². The van der Waals surface area contributed by atoms with Crippen LogP contribution in [0.3, 0.4) is 0 Å². The maximum atomic E-state index is 12.7. The number of anilines is 1. The molecule has 0 atom stereocenters. The average molecular weight is 674 g/mol.